The largest absolute Gasteiger partial charge is 0.357 e. The molecule has 2 rings (SSSR count). The molecule has 0 fully saturated rings. The minimum atomic E-state index is 0. The van der Waals surface area contributed by atoms with Gasteiger partial charge >= 0.3 is 0 Å². The molecule has 0 radical (unpaired) electrons. The topological polar surface area (TPSA) is 41.4 Å². The Morgan fingerprint density at radius 3 is 2.82 bits per heavy atom. The third kappa shape index (κ3) is 6.85. The first-order valence-electron chi connectivity index (χ1n) is 8.09. The summed E-state index contributed by atoms with van der Waals surface area (Å²) in [6, 6.07) is 2.11. The van der Waals surface area contributed by atoms with E-state index in [-0.39, 0.29) is 24.0 Å². The van der Waals surface area contributed by atoms with Gasteiger partial charge in [-0.1, -0.05) is 11.6 Å². The van der Waals surface area contributed by atoms with Crippen molar-refractivity contribution in [1.29, 1.82) is 0 Å². The maximum Gasteiger partial charge on any atom is 0.191 e. The monoisotopic (exact) mass is 416 g/mol. The zero-order valence-corrected chi connectivity index (χ0v) is 16.1. The first kappa shape index (κ1) is 19.1. The second-order valence-electron chi connectivity index (χ2n) is 5.67. The van der Waals surface area contributed by atoms with Gasteiger partial charge in [-0.25, -0.2) is 4.99 Å². The van der Waals surface area contributed by atoms with E-state index in [9.17, 15) is 0 Å². The van der Waals surface area contributed by atoms with Gasteiger partial charge in [-0.2, -0.15) is 0 Å². The Morgan fingerprint density at radius 2 is 2.18 bits per heavy atom. The number of allylic oxidation sites excluding steroid dienone is 1. The molecular weight excluding hydrogens is 387 g/mol. The molecule has 2 N–H and O–H groups in total. The van der Waals surface area contributed by atoms with Gasteiger partial charge in [0, 0.05) is 32.5 Å². The molecule has 4 nitrogen and oxygen atoms in total. The van der Waals surface area contributed by atoms with Crippen LogP contribution in [0.25, 0.3) is 0 Å². The van der Waals surface area contributed by atoms with Crippen molar-refractivity contribution < 1.29 is 0 Å². The van der Waals surface area contributed by atoms with Crippen LogP contribution in [-0.4, -0.2) is 23.6 Å². The van der Waals surface area contributed by atoms with Crippen molar-refractivity contribution >= 4 is 29.9 Å². The van der Waals surface area contributed by atoms with Crippen LogP contribution in [0.2, 0.25) is 0 Å². The highest BCUT2D eigenvalue weighted by Gasteiger charge is 2.04. The zero-order valence-electron chi connectivity index (χ0n) is 13.8. The van der Waals surface area contributed by atoms with E-state index in [2.05, 4.69) is 51.7 Å². The highest BCUT2D eigenvalue weighted by molar-refractivity contribution is 14.0. The summed E-state index contributed by atoms with van der Waals surface area (Å²) in [7, 11) is 2.04. The molecule has 1 aliphatic carbocycles. The normalized spacial score (nSPS) is 15.0. The van der Waals surface area contributed by atoms with E-state index in [1.165, 1.54) is 31.2 Å². The molecule has 0 atom stereocenters. The van der Waals surface area contributed by atoms with Crippen molar-refractivity contribution in [2.75, 3.05) is 13.1 Å². The van der Waals surface area contributed by atoms with Gasteiger partial charge in [0.05, 0.1) is 6.54 Å². The molecule has 0 unspecified atom stereocenters. The molecular formula is C17H29IN4. The van der Waals surface area contributed by atoms with E-state index in [4.69, 9.17) is 0 Å². The number of hydrogen-bond acceptors (Lipinski definition) is 1. The first-order chi connectivity index (χ1) is 10.3. The first-order valence-corrected chi connectivity index (χ1v) is 8.09. The highest BCUT2D eigenvalue weighted by Crippen LogP contribution is 2.19. The number of rotatable bonds is 6. The van der Waals surface area contributed by atoms with Crippen LogP contribution in [0.4, 0.5) is 0 Å². The van der Waals surface area contributed by atoms with Gasteiger partial charge < -0.3 is 15.2 Å². The van der Waals surface area contributed by atoms with E-state index < -0.39 is 0 Å². The minimum absolute atomic E-state index is 0. The lowest BCUT2D eigenvalue weighted by Crippen LogP contribution is -2.37. The van der Waals surface area contributed by atoms with Crippen molar-refractivity contribution in [3.05, 3.63) is 35.7 Å². The summed E-state index contributed by atoms with van der Waals surface area (Å²) in [6.07, 6.45) is 13.0. The second kappa shape index (κ2) is 10.7. The molecule has 0 spiro atoms. The number of nitrogens with one attached hydrogen (secondary N) is 2. The molecule has 0 bridgehead atoms. The van der Waals surface area contributed by atoms with Gasteiger partial charge in [0.25, 0.3) is 0 Å². The predicted octanol–water partition coefficient (Wildman–Crippen LogP) is 3.59. The van der Waals surface area contributed by atoms with Gasteiger partial charge in [-0.15, -0.1) is 24.0 Å². The molecule has 124 valence electrons. The van der Waals surface area contributed by atoms with Crippen molar-refractivity contribution in [2.24, 2.45) is 12.0 Å². The maximum atomic E-state index is 4.64. The quantitative estimate of drug-likeness (QED) is 0.322. The van der Waals surface area contributed by atoms with Crippen molar-refractivity contribution in [3.8, 4) is 0 Å². The van der Waals surface area contributed by atoms with E-state index in [0.29, 0.717) is 0 Å². The number of aromatic nitrogens is 1. The van der Waals surface area contributed by atoms with Gasteiger partial charge in [0.1, 0.15) is 0 Å². The van der Waals surface area contributed by atoms with E-state index in [1.54, 1.807) is 5.57 Å². The fraction of sp³-hybridized carbons (Fsp3) is 0.588. The van der Waals surface area contributed by atoms with Crippen LogP contribution < -0.4 is 10.6 Å². The molecule has 0 aliphatic heterocycles. The minimum Gasteiger partial charge on any atom is -0.357 e. The zero-order chi connectivity index (χ0) is 14.9. The van der Waals surface area contributed by atoms with Gasteiger partial charge in [0.15, 0.2) is 5.96 Å². The van der Waals surface area contributed by atoms with E-state index in [1.807, 2.05) is 7.05 Å². The van der Waals surface area contributed by atoms with E-state index in [0.717, 1.165) is 32.0 Å². The molecule has 0 aromatic carbocycles. The van der Waals surface area contributed by atoms with Gasteiger partial charge in [-0.05, 0) is 50.7 Å². The fourth-order valence-corrected chi connectivity index (χ4v) is 2.64. The van der Waals surface area contributed by atoms with Crippen LogP contribution >= 0.6 is 24.0 Å². The third-order valence-electron chi connectivity index (χ3n) is 3.78. The Hall–Kier alpha value is -0.980. The van der Waals surface area contributed by atoms with Gasteiger partial charge in [0.2, 0.25) is 0 Å². The van der Waals surface area contributed by atoms with Crippen molar-refractivity contribution in [2.45, 2.75) is 45.6 Å². The van der Waals surface area contributed by atoms with Crippen LogP contribution in [0.3, 0.4) is 0 Å². The summed E-state index contributed by atoms with van der Waals surface area (Å²) >= 11 is 0. The molecule has 22 heavy (non-hydrogen) atoms. The van der Waals surface area contributed by atoms with Crippen LogP contribution in [0, 0.1) is 0 Å². The Balaban J connectivity index is 0.00000242. The number of aliphatic imine (C=N–C) groups is 1. The van der Waals surface area contributed by atoms with Crippen molar-refractivity contribution in [3.63, 3.8) is 0 Å². The Kier molecular flexibility index (Phi) is 9.27. The van der Waals surface area contributed by atoms with Crippen LogP contribution in [0.15, 0.2) is 35.1 Å². The summed E-state index contributed by atoms with van der Waals surface area (Å²) in [5.41, 5.74) is 2.84. The van der Waals surface area contributed by atoms with Crippen LogP contribution in [0.5, 0.6) is 0 Å². The summed E-state index contributed by atoms with van der Waals surface area (Å²) in [5.74, 6) is 0.915. The standard InChI is InChI=1S/C17H28N4.HI/c1-3-18-17(20-13-16-10-12-21(2)14-16)19-11-9-15-7-5-4-6-8-15;/h7,10,12,14H,3-6,8-9,11,13H2,1-2H3,(H2,18,19,20);1H. The molecule has 1 aliphatic rings. The number of hydrogen-bond donors (Lipinski definition) is 2. The molecule has 0 amide bonds. The average molecular weight is 416 g/mol. The summed E-state index contributed by atoms with van der Waals surface area (Å²) in [5, 5.41) is 6.75. The lowest BCUT2D eigenvalue weighted by molar-refractivity contribution is 0.665. The summed E-state index contributed by atoms with van der Waals surface area (Å²) < 4.78 is 2.06. The molecule has 1 aromatic rings. The summed E-state index contributed by atoms with van der Waals surface area (Å²) in [6.45, 7) is 4.68. The smallest absolute Gasteiger partial charge is 0.191 e. The Labute approximate surface area is 151 Å². The fourth-order valence-electron chi connectivity index (χ4n) is 2.64. The van der Waals surface area contributed by atoms with Crippen LogP contribution in [0.1, 0.15) is 44.6 Å². The molecule has 1 heterocycles. The third-order valence-corrected chi connectivity index (χ3v) is 3.78. The number of aryl methyl sites for hydroxylation is 1. The van der Waals surface area contributed by atoms with Crippen molar-refractivity contribution in [1.82, 2.24) is 15.2 Å². The summed E-state index contributed by atoms with van der Waals surface area (Å²) in [4.78, 5) is 4.64. The molecule has 1 aromatic heterocycles. The SMILES string of the molecule is CCNC(=NCc1ccn(C)c1)NCCC1=CCCCC1.I. The van der Waals surface area contributed by atoms with Gasteiger partial charge in [-0.3, -0.25) is 0 Å². The molecule has 0 saturated carbocycles. The lowest BCUT2D eigenvalue weighted by Gasteiger charge is -2.15. The molecule has 5 heteroatoms. The predicted molar refractivity (Wildman–Crippen MR) is 105 cm³/mol. The lowest BCUT2D eigenvalue weighted by atomic mass is 9.97. The van der Waals surface area contributed by atoms with E-state index >= 15 is 0 Å². The number of nitrogens with zero attached hydrogens (tertiary/aromatic N) is 2. The maximum absolute atomic E-state index is 4.64. The van der Waals surface area contributed by atoms with Crippen LogP contribution in [-0.2, 0) is 13.6 Å². The average Bonchev–Trinajstić information content (AvgIpc) is 2.91. The number of guanidine groups is 1. The highest BCUT2D eigenvalue weighted by atomic mass is 127. The Morgan fingerprint density at radius 1 is 1.32 bits per heavy atom. The molecule has 0 saturated heterocycles. The number of halogens is 1. The Bertz CT molecular complexity index is 491. The second-order valence-corrected chi connectivity index (χ2v) is 5.67.